The average Bonchev–Trinajstić information content (AvgIpc) is 2.55. The zero-order chi connectivity index (χ0) is 14.5. The van der Waals surface area contributed by atoms with Crippen LogP contribution in [0.5, 0.6) is 0 Å². The molecule has 1 N–H and O–H groups in total. The molecule has 0 amide bonds. The molecule has 0 spiro atoms. The fraction of sp³-hybridized carbons (Fsp3) is 0.556. The van der Waals surface area contributed by atoms with E-state index in [-0.39, 0.29) is 0 Å². The van der Waals surface area contributed by atoms with Crippen molar-refractivity contribution < 1.29 is 0 Å². The molecule has 3 heteroatoms. The van der Waals surface area contributed by atoms with Gasteiger partial charge in [-0.3, -0.25) is 9.97 Å². The molecule has 0 radical (unpaired) electrons. The van der Waals surface area contributed by atoms with E-state index in [0.717, 1.165) is 23.5 Å². The van der Waals surface area contributed by atoms with Crippen LogP contribution in [0.1, 0.15) is 57.1 Å². The Balaban J connectivity index is 1.80. The highest BCUT2D eigenvalue weighted by molar-refractivity contribution is 5.74. The molecule has 0 bridgehead atoms. The van der Waals surface area contributed by atoms with Gasteiger partial charge in [-0.25, -0.2) is 0 Å². The van der Waals surface area contributed by atoms with Crippen molar-refractivity contribution in [1.82, 2.24) is 15.3 Å². The van der Waals surface area contributed by atoms with Crippen molar-refractivity contribution in [2.75, 3.05) is 6.54 Å². The van der Waals surface area contributed by atoms with Crippen LogP contribution in [0.3, 0.4) is 0 Å². The molecule has 21 heavy (non-hydrogen) atoms. The highest BCUT2D eigenvalue weighted by Gasteiger charge is 2.20. The van der Waals surface area contributed by atoms with Gasteiger partial charge < -0.3 is 5.32 Å². The maximum absolute atomic E-state index is 4.44. The van der Waals surface area contributed by atoms with Crippen molar-refractivity contribution in [3.05, 3.63) is 36.2 Å². The maximum atomic E-state index is 4.44. The Morgan fingerprint density at radius 1 is 1.10 bits per heavy atom. The molecule has 1 fully saturated rings. The quantitative estimate of drug-likeness (QED) is 0.891. The normalized spacial score (nSPS) is 18.0. The zero-order valence-electron chi connectivity index (χ0n) is 12.9. The van der Waals surface area contributed by atoms with Gasteiger partial charge in [0.2, 0.25) is 0 Å². The number of hydrogen-bond donors (Lipinski definition) is 1. The molecule has 1 heterocycles. The second kappa shape index (κ2) is 6.99. The summed E-state index contributed by atoms with van der Waals surface area (Å²) in [7, 11) is 0. The summed E-state index contributed by atoms with van der Waals surface area (Å²) < 4.78 is 0. The maximum Gasteiger partial charge on any atom is 0.0890 e. The van der Waals surface area contributed by atoms with Gasteiger partial charge in [-0.15, -0.1) is 0 Å². The zero-order valence-corrected chi connectivity index (χ0v) is 12.9. The lowest BCUT2D eigenvalue weighted by Gasteiger charge is -2.27. The van der Waals surface area contributed by atoms with Gasteiger partial charge in [0.25, 0.3) is 0 Å². The van der Waals surface area contributed by atoms with Crippen LogP contribution in [-0.4, -0.2) is 16.5 Å². The smallest absolute Gasteiger partial charge is 0.0890 e. The van der Waals surface area contributed by atoms with Gasteiger partial charge in [0.05, 0.1) is 11.0 Å². The highest BCUT2D eigenvalue weighted by Crippen LogP contribution is 2.32. The number of benzene rings is 1. The van der Waals surface area contributed by atoms with Crippen LogP contribution in [-0.2, 0) is 0 Å². The number of aromatic nitrogens is 2. The number of nitrogens with zero attached hydrogens (tertiary/aromatic N) is 2. The predicted octanol–water partition coefficient (Wildman–Crippen LogP) is 4.25. The molecule has 1 unspecified atom stereocenters. The first-order valence-corrected chi connectivity index (χ1v) is 8.31. The van der Waals surface area contributed by atoms with Crippen molar-refractivity contribution in [2.24, 2.45) is 5.92 Å². The second-order valence-corrected chi connectivity index (χ2v) is 6.15. The molecule has 0 saturated heterocycles. The Morgan fingerprint density at radius 2 is 1.86 bits per heavy atom. The van der Waals surface area contributed by atoms with Crippen molar-refractivity contribution in [2.45, 2.75) is 51.5 Å². The van der Waals surface area contributed by atoms with E-state index < -0.39 is 0 Å². The molecule has 1 atom stereocenters. The summed E-state index contributed by atoms with van der Waals surface area (Å²) in [5, 5.41) is 3.66. The third kappa shape index (κ3) is 3.59. The van der Waals surface area contributed by atoms with Crippen LogP contribution in [0.25, 0.3) is 11.0 Å². The van der Waals surface area contributed by atoms with Gasteiger partial charge in [0.1, 0.15) is 0 Å². The Bertz CT molecular complexity index is 575. The molecule has 1 aromatic heterocycles. The SMILES string of the molecule is CCNC(CC1CCCCC1)c1ccc2nccnc2c1. The second-order valence-electron chi connectivity index (χ2n) is 6.15. The van der Waals surface area contributed by atoms with Crippen LogP contribution in [0.4, 0.5) is 0 Å². The van der Waals surface area contributed by atoms with E-state index in [1.54, 1.807) is 12.4 Å². The highest BCUT2D eigenvalue weighted by atomic mass is 14.9. The van der Waals surface area contributed by atoms with Gasteiger partial charge in [0.15, 0.2) is 0 Å². The minimum atomic E-state index is 0.449. The Kier molecular flexibility index (Phi) is 4.81. The summed E-state index contributed by atoms with van der Waals surface area (Å²) in [5.74, 6) is 0.875. The topological polar surface area (TPSA) is 37.8 Å². The molecular weight excluding hydrogens is 258 g/mol. The standard InChI is InChI=1S/C18H25N3/c1-2-19-17(12-14-6-4-3-5-7-14)15-8-9-16-18(13-15)21-11-10-20-16/h8-11,13-14,17,19H,2-7,12H2,1H3. The predicted molar refractivity (Wildman–Crippen MR) is 87.1 cm³/mol. The Labute approximate surface area is 127 Å². The molecule has 3 rings (SSSR count). The lowest BCUT2D eigenvalue weighted by molar-refractivity contribution is 0.301. The Hall–Kier alpha value is -1.48. The summed E-state index contributed by atoms with van der Waals surface area (Å²) in [6.07, 6.45) is 11.8. The van der Waals surface area contributed by atoms with E-state index in [0.29, 0.717) is 6.04 Å². The van der Waals surface area contributed by atoms with Crippen molar-refractivity contribution >= 4 is 11.0 Å². The molecule has 2 aromatic rings. The molecule has 3 nitrogen and oxygen atoms in total. The van der Waals surface area contributed by atoms with Crippen LogP contribution in [0.2, 0.25) is 0 Å². The number of nitrogens with one attached hydrogen (secondary N) is 1. The monoisotopic (exact) mass is 283 g/mol. The summed E-state index contributed by atoms with van der Waals surface area (Å²) in [4.78, 5) is 8.80. The van der Waals surface area contributed by atoms with E-state index in [1.165, 1.54) is 44.1 Å². The lowest BCUT2D eigenvalue weighted by atomic mass is 9.83. The van der Waals surface area contributed by atoms with Gasteiger partial charge >= 0.3 is 0 Å². The fourth-order valence-electron chi connectivity index (χ4n) is 3.54. The largest absolute Gasteiger partial charge is 0.310 e. The summed E-state index contributed by atoms with van der Waals surface area (Å²) >= 11 is 0. The molecule has 1 aromatic carbocycles. The van der Waals surface area contributed by atoms with Gasteiger partial charge in [-0.05, 0) is 36.6 Å². The lowest BCUT2D eigenvalue weighted by Crippen LogP contribution is -2.24. The first-order chi connectivity index (χ1) is 10.4. The van der Waals surface area contributed by atoms with Crippen LogP contribution >= 0.6 is 0 Å². The van der Waals surface area contributed by atoms with E-state index >= 15 is 0 Å². The molecular formula is C18H25N3. The minimum Gasteiger partial charge on any atom is -0.310 e. The molecule has 1 saturated carbocycles. The van der Waals surface area contributed by atoms with Gasteiger partial charge in [-0.1, -0.05) is 45.1 Å². The molecule has 0 aliphatic heterocycles. The van der Waals surface area contributed by atoms with E-state index in [4.69, 9.17) is 0 Å². The minimum absolute atomic E-state index is 0.449. The number of fused-ring (bicyclic) bond motifs is 1. The van der Waals surface area contributed by atoms with Crippen LogP contribution < -0.4 is 5.32 Å². The summed E-state index contributed by atoms with van der Waals surface area (Å²) in [6.45, 7) is 3.20. The van der Waals surface area contributed by atoms with Crippen LogP contribution in [0.15, 0.2) is 30.6 Å². The van der Waals surface area contributed by atoms with Crippen molar-refractivity contribution in [3.63, 3.8) is 0 Å². The first kappa shape index (κ1) is 14.5. The fourth-order valence-corrected chi connectivity index (χ4v) is 3.54. The average molecular weight is 283 g/mol. The van der Waals surface area contributed by atoms with Crippen LogP contribution in [0, 0.1) is 5.92 Å². The van der Waals surface area contributed by atoms with E-state index in [2.05, 4.69) is 40.4 Å². The van der Waals surface area contributed by atoms with Crippen molar-refractivity contribution in [1.29, 1.82) is 0 Å². The van der Waals surface area contributed by atoms with Gasteiger partial charge in [-0.2, -0.15) is 0 Å². The summed E-state index contributed by atoms with van der Waals surface area (Å²) in [5.41, 5.74) is 3.34. The van der Waals surface area contributed by atoms with Crippen molar-refractivity contribution in [3.8, 4) is 0 Å². The molecule has 112 valence electrons. The van der Waals surface area contributed by atoms with E-state index in [1.807, 2.05) is 0 Å². The first-order valence-electron chi connectivity index (χ1n) is 8.31. The van der Waals surface area contributed by atoms with Gasteiger partial charge in [0, 0.05) is 18.4 Å². The number of hydrogen-bond acceptors (Lipinski definition) is 3. The number of rotatable bonds is 5. The third-order valence-corrected chi connectivity index (χ3v) is 4.64. The third-order valence-electron chi connectivity index (χ3n) is 4.64. The molecule has 1 aliphatic carbocycles. The summed E-state index contributed by atoms with van der Waals surface area (Å²) in [6, 6.07) is 6.97. The van der Waals surface area contributed by atoms with E-state index in [9.17, 15) is 0 Å². The Morgan fingerprint density at radius 3 is 2.62 bits per heavy atom. The molecule has 1 aliphatic rings.